The quantitative estimate of drug-likeness (QED) is 0.766. The predicted molar refractivity (Wildman–Crippen MR) is 72.9 cm³/mol. The Hall–Kier alpha value is -1.57. The van der Waals surface area contributed by atoms with Gasteiger partial charge in [-0.3, -0.25) is 0 Å². The first-order valence-corrected chi connectivity index (χ1v) is 6.77. The van der Waals surface area contributed by atoms with E-state index in [2.05, 4.69) is 11.4 Å². The zero-order chi connectivity index (χ0) is 13.6. The van der Waals surface area contributed by atoms with E-state index in [0.29, 0.717) is 12.2 Å². The van der Waals surface area contributed by atoms with Gasteiger partial charge in [-0.25, -0.2) is 0 Å². The molecule has 2 N–H and O–H groups in total. The van der Waals surface area contributed by atoms with Crippen molar-refractivity contribution in [3.8, 4) is 11.8 Å². The maximum atomic E-state index is 9.46. The van der Waals surface area contributed by atoms with Crippen LogP contribution in [0.2, 0.25) is 0 Å². The van der Waals surface area contributed by atoms with Gasteiger partial charge in [0.2, 0.25) is 0 Å². The highest BCUT2D eigenvalue weighted by Gasteiger charge is 2.32. The summed E-state index contributed by atoms with van der Waals surface area (Å²) >= 11 is 0. The number of hydrogen-bond donors (Lipinski definition) is 2. The molecule has 1 aromatic rings. The molecule has 1 saturated carbocycles. The molecule has 4 nitrogen and oxygen atoms in total. The Kier molecular flexibility index (Phi) is 4.78. The number of nitrogens with one attached hydrogen (secondary N) is 1. The van der Waals surface area contributed by atoms with Gasteiger partial charge >= 0.3 is 0 Å². The van der Waals surface area contributed by atoms with Crippen LogP contribution in [0.15, 0.2) is 24.3 Å². The van der Waals surface area contributed by atoms with Crippen LogP contribution in [0.25, 0.3) is 0 Å². The number of nitriles is 1. The lowest BCUT2D eigenvalue weighted by Gasteiger charge is -2.28. The van der Waals surface area contributed by atoms with Gasteiger partial charge in [0.15, 0.2) is 0 Å². The molecule has 19 heavy (non-hydrogen) atoms. The normalized spacial score (nSPS) is 17.1. The second-order valence-electron chi connectivity index (χ2n) is 5.06. The fraction of sp³-hybridized carbons (Fsp3) is 0.533. The molecule has 0 amide bonds. The van der Waals surface area contributed by atoms with Crippen molar-refractivity contribution in [2.45, 2.75) is 31.2 Å². The van der Waals surface area contributed by atoms with Gasteiger partial charge in [0, 0.05) is 12.1 Å². The van der Waals surface area contributed by atoms with Gasteiger partial charge in [0.25, 0.3) is 0 Å². The Bertz CT molecular complexity index is 430. The van der Waals surface area contributed by atoms with Crippen LogP contribution in [-0.2, 0) is 0 Å². The van der Waals surface area contributed by atoms with Crippen molar-refractivity contribution in [1.29, 1.82) is 5.26 Å². The Morgan fingerprint density at radius 1 is 1.26 bits per heavy atom. The minimum absolute atomic E-state index is 0.0893. The lowest BCUT2D eigenvalue weighted by Crippen LogP contribution is -2.47. The lowest BCUT2D eigenvalue weighted by atomic mass is 9.99. The largest absolute Gasteiger partial charge is 0.492 e. The number of aliphatic hydroxyl groups excluding tert-OH is 1. The number of benzene rings is 1. The molecule has 0 radical (unpaired) electrons. The maximum Gasteiger partial charge on any atom is 0.119 e. The van der Waals surface area contributed by atoms with E-state index in [-0.39, 0.29) is 12.1 Å². The summed E-state index contributed by atoms with van der Waals surface area (Å²) in [5.74, 6) is 0.769. The molecule has 0 heterocycles. The zero-order valence-corrected chi connectivity index (χ0v) is 11.1. The second kappa shape index (κ2) is 6.55. The lowest BCUT2D eigenvalue weighted by molar-refractivity contribution is 0.157. The van der Waals surface area contributed by atoms with Gasteiger partial charge in [0.1, 0.15) is 12.4 Å². The van der Waals surface area contributed by atoms with Crippen molar-refractivity contribution < 1.29 is 9.84 Å². The van der Waals surface area contributed by atoms with Gasteiger partial charge in [0.05, 0.1) is 18.2 Å². The average Bonchev–Trinajstić information content (AvgIpc) is 2.94. The van der Waals surface area contributed by atoms with Crippen LogP contribution in [-0.4, -0.2) is 30.4 Å². The summed E-state index contributed by atoms with van der Waals surface area (Å²) < 4.78 is 5.60. The molecule has 1 aliphatic rings. The predicted octanol–water partition coefficient (Wildman–Crippen LogP) is 1.83. The molecule has 0 atom stereocenters. The summed E-state index contributed by atoms with van der Waals surface area (Å²) in [6, 6.07) is 9.17. The topological polar surface area (TPSA) is 65.3 Å². The third-order valence-corrected chi connectivity index (χ3v) is 3.72. The first kappa shape index (κ1) is 13.9. The van der Waals surface area contributed by atoms with E-state index in [0.717, 1.165) is 25.1 Å². The highest BCUT2D eigenvalue weighted by Crippen LogP contribution is 2.28. The standard InChI is InChI=1S/C15H20N2O2/c16-11-13-3-5-14(6-4-13)19-10-9-17-15(12-18)7-1-2-8-15/h3-6,17-18H,1-2,7-10,12H2. The molecular weight excluding hydrogens is 240 g/mol. The first-order chi connectivity index (χ1) is 9.28. The van der Waals surface area contributed by atoms with Gasteiger partial charge in [-0.1, -0.05) is 12.8 Å². The van der Waals surface area contributed by atoms with Crippen molar-refractivity contribution in [2.75, 3.05) is 19.8 Å². The fourth-order valence-electron chi connectivity index (χ4n) is 2.55. The number of rotatable bonds is 6. The minimum Gasteiger partial charge on any atom is -0.492 e. The Morgan fingerprint density at radius 2 is 1.95 bits per heavy atom. The molecule has 1 fully saturated rings. The molecule has 0 aliphatic heterocycles. The van der Waals surface area contributed by atoms with E-state index in [1.165, 1.54) is 12.8 Å². The summed E-state index contributed by atoms with van der Waals surface area (Å²) in [4.78, 5) is 0. The highest BCUT2D eigenvalue weighted by atomic mass is 16.5. The molecule has 0 aromatic heterocycles. The summed E-state index contributed by atoms with van der Waals surface area (Å²) in [6.45, 7) is 1.48. The fourth-order valence-corrected chi connectivity index (χ4v) is 2.55. The van der Waals surface area contributed by atoms with Crippen molar-refractivity contribution in [3.63, 3.8) is 0 Å². The molecule has 2 rings (SSSR count). The van der Waals surface area contributed by atoms with Gasteiger partial charge < -0.3 is 15.2 Å². The summed E-state index contributed by atoms with van der Waals surface area (Å²) in [5, 5.41) is 21.6. The molecule has 0 unspecified atom stereocenters. The second-order valence-corrected chi connectivity index (χ2v) is 5.06. The Balaban J connectivity index is 1.72. The van der Waals surface area contributed by atoms with Crippen LogP contribution in [0.3, 0.4) is 0 Å². The first-order valence-electron chi connectivity index (χ1n) is 6.77. The molecule has 0 spiro atoms. The molecule has 0 saturated heterocycles. The molecule has 1 aromatic carbocycles. The van der Waals surface area contributed by atoms with E-state index >= 15 is 0 Å². The van der Waals surface area contributed by atoms with Crippen molar-refractivity contribution in [2.24, 2.45) is 0 Å². The van der Waals surface area contributed by atoms with Crippen LogP contribution in [0.1, 0.15) is 31.2 Å². The van der Waals surface area contributed by atoms with Crippen molar-refractivity contribution in [3.05, 3.63) is 29.8 Å². The third-order valence-electron chi connectivity index (χ3n) is 3.72. The van der Waals surface area contributed by atoms with Crippen LogP contribution < -0.4 is 10.1 Å². The SMILES string of the molecule is N#Cc1ccc(OCCNC2(CO)CCCC2)cc1. The number of ether oxygens (including phenoxy) is 1. The monoisotopic (exact) mass is 260 g/mol. The summed E-state index contributed by atoms with van der Waals surface area (Å²) in [6.07, 6.45) is 4.45. The van der Waals surface area contributed by atoms with Gasteiger partial charge in [-0.05, 0) is 37.1 Å². The average molecular weight is 260 g/mol. The molecular formula is C15H20N2O2. The van der Waals surface area contributed by atoms with E-state index in [1.807, 2.05) is 0 Å². The maximum absolute atomic E-state index is 9.46. The van der Waals surface area contributed by atoms with Crippen LogP contribution in [0, 0.1) is 11.3 Å². The van der Waals surface area contributed by atoms with E-state index in [9.17, 15) is 5.11 Å². The van der Waals surface area contributed by atoms with Crippen LogP contribution in [0.4, 0.5) is 0 Å². The molecule has 0 bridgehead atoms. The number of hydrogen-bond acceptors (Lipinski definition) is 4. The van der Waals surface area contributed by atoms with E-state index in [4.69, 9.17) is 10.00 Å². The molecule has 4 heteroatoms. The minimum atomic E-state index is -0.0893. The van der Waals surface area contributed by atoms with Gasteiger partial charge in [-0.2, -0.15) is 5.26 Å². The van der Waals surface area contributed by atoms with Crippen molar-refractivity contribution >= 4 is 0 Å². The highest BCUT2D eigenvalue weighted by molar-refractivity contribution is 5.34. The molecule has 102 valence electrons. The van der Waals surface area contributed by atoms with Crippen LogP contribution >= 0.6 is 0 Å². The zero-order valence-electron chi connectivity index (χ0n) is 11.1. The summed E-state index contributed by atoms with van der Waals surface area (Å²) in [7, 11) is 0. The Morgan fingerprint density at radius 3 is 2.53 bits per heavy atom. The number of aliphatic hydroxyl groups is 1. The van der Waals surface area contributed by atoms with E-state index < -0.39 is 0 Å². The Labute approximate surface area is 114 Å². The van der Waals surface area contributed by atoms with Gasteiger partial charge in [-0.15, -0.1) is 0 Å². The van der Waals surface area contributed by atoms with Crippen LogP contribution in [0.5, 0.6) is 5.75 Å². The number of nitrogens with zero attached hydrogens (tertiary/aromatic N) is 1. The molecule has 1 aliphatic carbocycles. The third kappa shape index (κ3) is 3.69. The van der Waals surface area contributed by atoms with E-state index in [1.54, 1.807) is 24.3 Å². The van der Waals surface area contributed by atoms with Crippen molar-refractivity contribution in [1.82, 2.24) is 5.32 Å². The smallest absolute Gasteiger partial charge is 0.119 e. The summed E-state index contributed by atoms with van der Waals surface area (Å²) in [5.41, 5.74) is 0.546.